The average Bonchev–Trinajstić information content (AvgIpc) is 2.40. The lowest BCUT2D eigenvalue weighted by atomic mass is 9.45. The summed E-state index contributed by atoms with van der Waals surface area (Å²) in [5.41, 5.74) is 4.86. The number of benzene rings is 1. The van der Waals surface area contributed by atoms with Crippen LogP contribution in [0.3, 0.4) is 0 Å². The Bertz CT molecular complexity index is 472. The quantitative estimate of drug-likeness (QED) is 0.713. The van der Waals surface area contributed by atoms with Crippen LogP contribution in [-0.4, -0.2) is 35.0 Å². The molecule has 1 aliphatic heterocycles. The number of rotatable bonds is 1. The minimum atomic E-state index is 0.244. The molecule has 1 saturated heterocycles. The van der Waals surface area contributed by atoms with Gasteiger partial charge in [-0.25, -0.2) is 0 Å². The van der Waals surface area contributed by atoms with Gasteiger partial charge in [-0.05, 0) is 23.5 Å². The predicted octanol–water partition coefficient (Wildman–Crippen LogP) is 3.54. The fourth-order valence-electron chi connectivity index (χ4n) is 3.25. The lowest BCUT2D eigenvalue weighted by Gasteiger charge is -2.42. The maximum atomic E-state index is 2.58. The van der Waals surface area contributed by atoms with E-state index in [1.807, 2.05) is 0 Å². The van der Waals surface area contributed by atoms with Gasteiger partial charge >= 0.3 is 0 Å². The van der Waals surface area contributed by atoms with Gasteiger partial charge in [-0.1, -0.05) is 76.6 Å². The van der Waals surface area contributed by atoms with Gasteiger partial charge in [0.05, 0.1) is 0 Å². The number of nitrogens with zero attached hydrogens (tertiary/aromatic N) is 1. The van der Waals surface area contributed by atoms with E-state index in [2.05, 4.69) is 77.4 Å². The van der Waals surface area contributed by atoms with E-state index in [0.717, 1.165) is 17.7 Å². The molecule has 107 valence electrons. The molecule has 2 unspecified atom stereocenters. The van der Waals surface area contributed by atoms with Crippen molar-refractivity contribution >= 4 is 23.2 Å². The molecular formula is C16H28B2NSi. The Morgan fingerprint density at radius 2 is 1.80 bits per heavy atom. The minimum absolute atomic E-state index is 0.244. The Hall–Kier alpha value is -0.473. The first-order valence-corrected chi connectivity index (χ1v) is 9.22. The molecule has 1 fully saturated rings. The Morgan fingerprint density at radius 1 is 1.15 bits per heavy atom. The predicted molar refractivity (Wildman–Crippen MR) is 95.5 cm³/mol. The van der Waals surface area contributed by atoms with Crippen LogP contribution < -0.4 is 0 Å². The van der Waals surface area contributed by atoms with E-state index in [0.29, 0.717) is 16.4 Å². The highest BCUT2D eigenvalue weighted by Gasteiger charge is 2.39. The smallest absolute Gasteiger partial charge is 0.212 e. The Morgan fingerprint density at radius 3 is 2.40 bits per heavy atom. The first kappa shape index (κ1) is 15.9. The topological polar surface area (TPSA) is 3.24 Å². The van der Waals surface area contributed by atoms with E-state index in [4.69, 9.17) is 0 Å². The van der Waals surface area contributed by atoms with Gasteiger partial charge in [-0.3, -0.25) is 0 Å². The summed E-state index contributed by atoms with van der Waals surface area (Å²) in [4.78, 5) is 0. The Kier molecular flexibility index (Phi) is 4.55. The van der Waals surface area contributed by atoms with E-state index in [1.165, 1.54) is 5.56 Å². The van der Waals surface area contributed by atoms with Gasteiger partial charge in [-0.15, -0.1) is 0 Å². The van der Waals surface area contributed by atoms with Crippen LogP contribution in [0.15, 0.2) is 24.3 Å². The Labute approximate surface area is 128 Å². The van der Waals surface area contributed by atoms with Gasteiger partial charge in [0.25, 0.3) is 0 Å². The van der Waals surface area contributed by atoms with Crippen LogP contribution in [0.5, 0.6) is 0 Å². The summed E-state index contributed by atoms with van der Waals surface area (Å²) in [6.07, 6.45) is 0. The molecule has 2 atom stereocenters. The van der Waals surface area contributed by atoms with Crippen molar-refractivity contribution in [2.24, 2.45) is 0 Å². The highest BCUT2D eigenvalue weighted by Crippen LogP contribution is 2.33. The molecule has 0 aliphatic carbocycles. The van der Waals surface area contributed by atoms with Gasteiger partial charge in [0, 0.05) is 9.52 Å². The molecule has 0 aromatic heterocycles. The van der Waals surface area contributed by atoms with Crippen LogP contribution in [0, 0.1) is 0 Å². The molecule has 4 heteroatoms. The highest BCUT2D eigenvalue weighted by molar-refractivity contribution is 6.88. The molecule has 1 aromatic carbocycles. The van der Waals surface area contributed by atoms with Crippen molar-refractivity contribution in [3.05, 3.63) is 35.4 Å². The maximum Gasteiger partial charge on any atom is 0.212 e. The van der Waals surface area contributed by atoms with Gasteiger partial charge in [-0.2, -0.15) is 0 Å². The molecule has 0 amide bonds. The molecule has 1 heterocycles. The van der Waals surface area contributed by atoms with Crippen molar-refractivity contribution in [2.75, 3.05) is 7.05 Å². The fraction of sp³-hybridized carbons (Fsp3) is 0.625. The SMILES string of the molecule is CB1C(C)[SiH]C(c2cccc(C(C)(C)C)c2)B(C)N1C. The lowest BCUT2D eigenvalue weighted by Crippen LogP contribution is -2.56. The zero-order chi connectivity index (χ0) is 15.1. The van der Waals surface area contributed by atoms with Gasteiger partial charge in [0.15, 0.2) is 0 Å². The third-order valence-electron chi connectivity index (χ3n) is 5.21. The second-order valence-electron chi connectivity index (χ2n) is 7.60. The van der Waals surface area contributed by atoms with E-state index in [-0.39, 0.29) is 5.41 Å². The molecule has 0 bridgehead atoms. The zero-order valence-electron chi connectivity index (χ0n) is 14.1. The second-order valence-corrected chi connectivity index (χ2v) is 9.75. The van der Waals surface area contributed by atoms with E-state index in [1.54, 1.807) is 5.56 Å². The summed E-state index contributed by atoms with van der Waals surface area (Å²) in [7, 11) is 2.77. The summed E-state index contributed by atoms with van der Waals surface area (Å²) < 4.78 is 2.58. The molecule has 1 nitrogen and oxygen atoms in total. The summed E-state index contributed by atoms with van der Waals surface area (Å²) in [6, 6.07) is 9.34. The molecule has 0 N–H and O–H groups in total. The third kappa shape index (κ3) is 3.06. The maximum absolute atomic E-state index is 2.58. The molecule has 1 radical (unpaired) electrons. The fourth-order valence-corrected chi connectivity index (χ4v) is 5.52. The second kappa shape index (κ2) is 5.73. The van der Waals surface area contributed by atoms with Crippen molar-refractivity contribution in [1.29, 1.82) is 0 Å². The molecule has 1 aliphatic rings. The van der Waals surface area contributed by atoms with Crippen LogP contribution in [0.4, 0.5) is 0 Å². The van der Waals surface area contributed by atoms with Crippen molar-refractivity contribution in [1.82, 2.24) is 4.72 Å². The van der Waals surface area contributed by atoms with E-state index in [9.17, 15) is 0 Å². The van der Waals surface area contributed by atoms with Crippen LogP contribution >= 0.6 is 0 Å². The van der Waals surface area contributed by atoms with Gasteiger partial charge < -0.3 is 4.72 Å². The molecular weight excluding hydrogens is 256 g/mol. The molecule has 0 spiro atoms. The first-order valence-electron chi connectivity index (χ1n) is 7.89. The van der Waals surface area contributed by atoms with Crippen molar-refractivity contribution in [3.8, 4) is 0 Å². The van der Waals surface area contributed by atoms with Crippen LogP contribution in [0.25, 0.3) is 0 Å². The highest BCUT2D eigenvalue weighted by atomic mass is 28.2. The van der Waals surface area contributed by atoms with Crippen molar-refractivity contribution < 1.29 is 0 Å². The third-order valence-corrected chi connectivity index (χ3v) is 7.73. The summed E-state index contributed by atoms with van der Waals surface area (Å²) >= 11 is 0. The summed E-state index contributed by atoms with van der Waals surface area (Å²) in [6.45, 7) is 15.5. The first-order chi connectivity index (χ1) is 9.21. The van der Waals surface area contributed by atoms with Crippen LogP contribution in [-0.2, 0) is 5.41 Å². The van der Waals surface area contributed by atoms with E-state index >= 15 is 0 Å². The number of hydrogen-bond donors (Lipinski definition) is 0. The minimum Gasteiger partial charge on any atom is -0.387 e. The normalized spacial score (nSPS) is 25.1. The van der Waals surface area contributed by atoms with Crippen LogP contribution in [0.1, 0.15) is 44.3 Å². The number of hydrogen-bond acceptors (Lipinski definition) is 1. The lowest BCUT2D eigenvalue weighted by molar-refractivity contribution is 0.589. The Balaban J connectivity index is 2.31. The molecule has 1 aromatic rings. The standard InChI is InChI=1S/C16H28B2NSi/c1-12-17(5)19(7)18(6)15(20-12)13-9-8-10-14(11-13)16(2,3)4/h8-12,15,20H,1-7H3. The van der Waals surface area contributed by atoms with E-state index < -0.39 is 0 Å². The molecule has 0 saturated carbocycles. The average molecular weight is 284 g/mol. The molecule has 20 heavy (non-hydrogen) atoms. The van der Waals surface area contributed by atoms with Crippen molar-refractivity contribution in [3.63, 3.8) is 0 Å². The van der Waals surface area contributed by atoms with Gasteiger partial charge in [0.2, 0.25) is 13.7 Å². The van der Waals surface area contributed by atoms with Gasteiger partial charge in [0.1, 0.15) is 0 Å². The zero-order valence-corrected chi connectivity index (χ0v) is 15.3. The summed E-state index contributed by atoms with van der Waals surface area (Å²) in [5.74, 6) is 0. The van der Waals surface area contributed by atoms with Crippen LogP contribution in [0.2, 0.25) is 19.1 Å². The molecule has 2 rings (SSSR count). The van der Waals surface area contributed by atoms with Crippen molar-refractivity contribution in [2.45, 2.75) is 57.6 Å². The largest absolute Gasteiger partial charge is 0.387 e. The monoisotopic (exact) mass is 284 g/mol. The summed E-state index contributed by atoms with van der Waals surface area (Å²) in [5, 5.41) is 0.